The molecule has 0 spiro atoms. The minimum Gasteiger partial charge on any atom is -0.271 e. The van der Waals surface area contributed by atoms with Crippen LogP contribution in [0.25, 0.3) is 0 Å². The fourth-order valence-corrected chi connectivity index (χ4v) is 2.58. The SMILES string of the molecule is CC(C(NN)c1cc(Br)ccc1F)S(C)(=O)=O. The molecule has 17 heavy (non-hydrogen) atoms. The lowest BCUT2D eigenvalue weighted by Crippen LogP contribution is -2.39. The van der Waals surface area contributed by atoms with Crippen LogP contribution in [0.15, 0.2) is 22.7 Å². The van der Waals surface area contributed by atoms with Crippen molar-refractivity contribution in [1.29, 1.82) is 0 Å². The number of rotatable bonds is 4. The van der Waals surface area contributed by atoms with Crippen LogP contribution in [0.3, 0.4) is 0 Å². The van der Waals surface area contributed by atoms with Crippen LogP contribution in [0.4, 0.5) is 4.39 Å². The number of nitrogens with one attached hydrogen (secondary N) is 1. The van der Waals surface area contributed by atoms with E-state index >= 15 is 0 Å². The largest absolute Gasteiger partial charge is 0.271 e. The highest BCUT2D eigenvalue weighted by Crippen LogP contribution is 2.26. The molecule has 0 radical (unpaired) electrons. The average Bonchev–Trinajstić information content (AvgIpc) is 2.22. The Hall–Kier alpha value is -0.500. The zero-order chi connectivity index (χ0) is 13.2. The smallest absolute Gasteiger partial charge is 0.151 e. The molecule has 0 heterocycles. The van der Waals surface area contributed by atoms with Crippen molar-refractivity contribution in [2.24, 2.45) is 5.84 Å². The molecule has 2 atom stereocenters. The van der Waals surface area contributed by atoms with E-state index in [1.54, 1.807) is 0 Å². The quantitative estimate of drug-likeness (QED) is 0.650. The monoisotopic (exact) mass is 324 g/mol. The average molecular weight is 325 g/mol. The first-order valence-corrected chi connectivity index (χ1v) is 7.62. The van der Waals surface area contributed by atoms with Crippen molar-refractivity contribution in [2.75, 3.05) is 6.26 Å². The number of sulfone groups is 1. The standard InChI is InChI=1S/C10H14BrFN2O2S/c1-6(17(2,15)16)10(14-13)8-5-7(11)3-4-9(8)12/h3-6,10,14H,13H2,1-2H3. The fourth-order valence-electron chi connectivity index (χ4n) is 1.48. The topological polar surface area (TPSA) is 72.2 Å². The van der Waals surface area contributed by atoms with Crippen LogP contribution in [0.5, 0.6) is 0 Å². The van der Waals surface area contributed by atoms with Gasteiger partial charge in [0.05, 0.1) is 11.3 Å². The zero-order valence-corrected chi connectivity index (χ0v) is 11.8. The van der Waals surface area contributed by atoms with Gasteiger partial charge in [-0.1, -0.05) is 15.9 Å². The molecule has 1 rings (SSSR count). The summed E-state index contributed by atoms with van der Waals surface area (Å²) >= 11 is 3.21. The first-order chi connectivity index (χ1) is 7.77. The molecule has 96 valence electrons. The zero-order valence-electron chi connectivity index (χ0n) is 9.44. The molecule has 0 amide bonds. The van der Waals surface area contributed by atoms with E-state index in [2.05, 4.69) is 21.4 Å². The van der Waals surface area contributed by atoms with Gasteiger partial charge in [0.15, 0.2) is 9.84 Å². The summed E-state index contributed by atoms with van der Waals surface area (Å²) in [4.78, 5) is 0. The van der Waals surface area contributed by atoms with Gasteiger partial charge in [-0.25, -0.2) is 12.8 Å². The minimum absolute atomic E-state index is 0.222. The first kappa shape index (κ1) is 14.6. The van der Waals surface area contributed by atoms with Gasteiger partial charge in [-0.3, -0.25) is 11.3 Å². The molecule has 4 nitrogen and oxygen atoms in total. The van der Waals surface area contributed by atoms with Gasteiger partial charge in [0.1, 0.15) is 5.82 Å². The second kappa shape index (κ2) is 5.43. The molecule has 1 aromatic carbocycles. The van der Waals surface area contributed by atoms with E-state index in [9.17, 15) is 12.8 Å². The molecule has 3 N–H and O–H groups in total. The second-order valence-corrected chi connectivity index (χ2v) is 7.16. The molecule has 0 saturated heterocycles. The van der Waals surface area contributed by atoms with Crippen LogP contribution < -0.4 is 11.3 Å². The summed E-state index contributed by atoms with van der Waals surface area (Å²) in [5, 5.41) is -0.823. The van der Waals surface area contributed by atoms with Crippen LogP contribution in [0.2, 0.25) is 0 Å². The normalized spacial score (nSPS) is 15.6. The Balaban J connectivity index is 3.23. The Labute approximate surface area is 108 Å². The maximum atomic E-state index is 13.6. The summed E-state index contributed by atoms with van der Waals surface area (Å²) < 4.78 is 37.2. The molecule has 0 aliphatic heterocycles. The molecule has 0 saturated carbocycles. The lowest BCUT2D eigenvalue weighted by atomic mass is 10.0. The van der Waals surface area contributed by atoms with E-state index in [1.165, 1.54) is 25.1 Å². The van der Waals surface area contributed by atoms with E-state index in [4.69, 9.17) is 5.84 Å². The Morgan fingerprint density at radius 2 is 2.06 bits per heavy atom. The molecule has 7 heteroatoms. The first-order valence-electron chi connectivity index (χ1n) is 4.87. The molecular formula is C10H14BrFN2O2S. The molecule has 0 aromatic heterocycles. The molecule has 2 unspecified atom stereocenters. The van der Waals surface area contributed by atoms with E-state index in [0.717, 1.165) is 6.26 Å². The van der Waals surface area contributed by atoms with E-state index < -0.39 is 26.9 Å². The van der Waals surface area contributed by atoms with Crippen LogP contribution in [0, 0.1) is 5.82 Å². The number of nitrogens with two attached hydrogens (primary N) is 1. The van der Waals surface area contributed by atoms with Crippen molar-refractivity contribution in [2.45, 2.75) is 18.2 Å². The van der Waals surface area contributed by atoms with Crippen LogP contribution in [-0.2, 0) is 9.84 Å². The molecular weight excluding hydrogens is 311 g/mol. The highest BCUT2D eigenvalue weighted by Gasteiger charge is 2.28. The van der Waals surface area contributed by atoms with Gasteiger partial charge in [0.25, 0.3) is 0 Å². The molecule has 1 aromatic rings. The third-order valence-electron chi connectivity index (χ3n) is 2.62. The lowest BCUT2D eigenvalue weighted by molar-refractivity contribution is 0.488. The maximum Gasteiger partial charge on any atom is 0.151 e. The number of hydrogen-bond acceptors (Lipinski definition) is 4. The van der Waals surface area contributed by atoms with Crippen molar-refractivity contribution in [3.8, 4) is 0 Å². The van der Waals surface area contributed by atoms with Crippen molar-refractivity contribution in [3.05, 3.63) is 34.1 Å². The van der Waals surface area contributed by atoms with Crippen molar-refractivity contribution >= 4 is 25.8 Å². The minimum atomic E-state index is -3.32. The third kappa shape index (κ3) is 3.48. The van der Waals surface area contributed by atoms with Gasteiger partial charge >= 0.3 is 0 Å². The Kier molecular flexibility index (Phi) is 4.65. The summed E-state index contributed by atoms with van der Waals surface area (Å²) in [7, 11) is -3.32. The molecule has 0 aliphatic carbocycles. The van der Waals surface area contributed by atoms with Crippen LogP contribution in [0.1, 0.15) is 18.5 Å². The van der Waals surface area contributed by atoms with Gasteiger partial charge < -0.3 is 0 Å². The van der Waals surface area contributed by atoms with Crippen molar-refractivity contribution in [3.63, 3.8) is 0 Å². The highest BCUT2D eigenvalue weighted by atomic mass is 79.9. The third-order valence-corrected chi connectivity index (χ3v) is 4.73. The summed E-state index contributed by atoms with van der Waals surface area (Å²) in [6.45, 7) is 1.49. The Morgan fingerprint density at radius 1 is 1.47 bits per heavy atom. The van der Waals surface area contributed by atoms with Crippen molar-refractivity contribution < 1.29 is 12.8 Å². The Morgan fingerprint density at radius 3 is 2.53 bits per heavy atom. The van der Waals surface area contributed by atoms with Gasteiger partial charge in [0, 0.05) is 16.3 Å². The number of halogens is 2. The van der Waals surface area contributed by atoms with Gasteiger partial charge in [-0.2, -0.15) is 0 Å². The number of hydrogen-bond donors (Lipinski definition) is 2. The predicted octanol–water partition coefficient (Wildman–Crippen LogP) is 1.53. The summed E-state index contributed by atoms with van der Waals surface area (Å²) in [6.07, 6.45) is 1.10. The van der Waals surface area contributed by atoms with Gasteiger partial charge in [-0.05, 0) is 25.1 Å². The summed E-state index contributed by atoms with van der Waals surface area (Å²) in [5.74, 6) is 4.83. The van der Waals surface area contributed by atoms with Gasteiger partial charge in [0.2, 0.25) is 0 Å². The second-order valence-electron chi connectivity index (χ2n) is 3.84. The number of hydrazine groups is 1. The Bertz CT molecular complexity index is 507. The van der Waals surface area contributed by atoms with E-state index in [1.807, 2.05) is 0 Å². The summed E-state index contributed by atoms with van der Waals surface area (Å²) in [5.41, 5.74) is 2.57. The van der Waals surface area contributed by atoms with Crippen LogP contribution in [-0.4, -0.2) is 19.9 Å². The summed E-state index contributed by atoms with van der Waals surface area (Å²) in [6, 6.07) is 3.53. The van der Waals surface area contributed by atoms with Crippen LogP contribution >= 0.6 is 15.9 Å². The predicted molar refractivity (Wildman–Crippen MR) is 68.5 cm³/mol. The molecule has 0 bridgehead atoms. The highest BCUT2D eigenvalue weighted by molar-refractivity contribution is 9.10. The van der Waals surface area contributed by atoms with E-state index in [-0.39, 0.29) is 5.56 Å². The number of benzene rings is 1. The van der Waals surface area contributed by atoms with Gasteiger partial charge in [-0.15, -0.1) is 0 Å². The molecule has 0 aliphatic rings. The molecule has 0 fully saturated rings. The lowest BCUT2D eigenvalue weighted by Gasteiger charge is -2.22. The maximum absolute atomic E-state index is 13.6. The fraction of sp³-hybridized carbons (Fsp3) is 0.400. The van der Waals surface area contributed by atoms with Crippen molar-refractivity contribution in [1.82, 2.24) is 5.43 Å². The van der Waals surface area contributed by atoms with E-state index in [0.29, 0.717) is 4.47 Å².